The van der Waals surface area contributed by atoms with Gasteiger partial charge in [-0.05, 0) is 41.9 Å². The lowest BCUT2D eigenvalue weighted by atomic mass is 9.86. The number of ketones is 1. The van der Waals surface area contributed by atoms with Gasteiger partial charge < -0.3 is 10.2 Å². The number of benzene rings is 2. The lowest BCUT2D eigenvalue weighted by Crippen LogP contribution is -2.53. The van der Waals surface area contributed by atoms with Crippen LogP contribution < -0.4 is 5.32 Å². The molecule has 1 atom stereocenters. The van der Waals surface area contributed by atoms with E-state index in [4.69, 9.17) is 0 Å². The average Bonchev–Trinajstić information content (AvgIpc) is 2.81. The Balaban J connectivity index is 1.61. The average molecular weight is 449 g/mol. The molecule has 1 aliphatic rings. The minimum Gasteiger partial charge on any atom is -0.341 e. The Kier molecular flexibility index (Phi) is 7.72. The van der Waals surface area contributed by atoms with E-state index in [0.717, 1.165) is 11.1 Å². The molecule has 5 heteroatoms. The van der Waals surface area contributed by atoms with E-state index in [0.29, 0.717) is 31.5 Å². The number of amides is 2. The van der Waals surface area contributed by atoms with E-state index in [1.165, 1.54) is 0 Å². The van der Waals surface area contributed by atoms with Crippen molar-refractivity contribution in [2.75, 3.05) is 13.1 Å². The highest BCUT2D eigenvalue weighted by molar-refractivity contribution is 5.99. The summed E-state index contributed by atoms with van der Waals surface area (Å²) in [6.45, 7) is 11.3. The zero-order valence-electron chi connectivity index (χ0n) is 20.4. The Morgan fingerprint density at radius 1 is 0.879 bits per heavy atom. The summed E-state index contributed by atoms with van der Waals surface area (Å²) < 4.78 is 0. The Morgan fingerprint density at radius 2 is 1.45 bits per heavy atom. The molecule has 2 aromatic rings. The summed E-state index contributed by atoms with van der Waals surface area (Å²) in [7, 11) is 0. The van der Waals surface area contributed by atoms with Crippen LogP contribution in [0.2, 0.25) is 0 Å². The molecule has 0 saturated carbocycles. The Labute approximate surface area is 197 Å². The van der Waals surface area contributed by atoms with Crippen molar-refractivity contribution in [2.45, 2.75) is 58.9 Å². The highest BCUT2D eigenvalue weighted by Crippen LogP contribution is 2.24. The van der Waals surface area contributed by atoms with Crippen LogP contribution >= 0.6 is 0 Å². The number of carbonyl (C=O) groups excluding carboxylic acids is 3. The van der Waals surface area contributed by atoms with Gasteiger partial charge in [-0.15, -0.1) is 0 Å². The molecule has 33 heavy (non-hydrogen) atoms. The molecular formula is C28H36N2O3. The molecule has 2 amide bonds. The van der Waals surface area contributed by atoms with Crippen LogP contribution in [0.4, 0.5) is 0 Å². The van der Waals surface area contributed by atoms with Crippen LogP contribution in [0.25, 0.3) is 0 Å². The first kappa shape index (κ1) is 24.7. The number of carbonyl (C=O) groups is 3. The molecule has 176 valence electrons. The Morgan fingerprint density at radius 3 is 1.97 bits per heavy atom. The third-order valence-corrected chi connectivity index (χ3v) is 6.47. The van der Waals surface area contributed by atoms with Gasteiger partial charge in [0.15, 0.2) is 5.78 Å². The van der Waals surface area contributed by atoms with Crippen LogP contribution in [-0.2, 0) is 10.2 Å². The smallest absolute Gasteiger partial charge is 0.251 e. The van der Waals surface area contributed by atoms with Gasteiger partial charge in [0.05, 0.1) is 0 Å². The maximum atomic E-state index is 13.3. The fourth-order valence-corrected chi connectivity index (χ4v) is 4.26. The SMILES string of the molecule is CC(C)C(NC(=O)c1ccc(C(C)(C)C)cc1)C(=O)N1CCC(C(=O)c2ccccc2)CC1. The van der Waals surface area contributed by atoms with Gasteiger partial charge in [-0.1, -0.05) is 77.1 Å². The van der Waals surface area contributed by atoms with E-state index >= 15 is 0 Å². The minimum absolute atomic E-state index is 0.0133. The second-order valence-corrected chi connectivity index (χ2v) is 10.4. The van der Waals surface area contributed by atoms with Crippen molar-refractivity contribution in [3.63, 3.8) is 0 Å². The highest BCUT2D eigenvalue weighted by Gasteiger charge is 2.33. The number of piperidine rings is 1. The van der Waals surface area contributed by atoms with E-state index in [-0.39, 0.29) is 34.8 Å². The molecule has 0 aliphatic carbocycles. The van der Waals surface area contributed by atoms with Crippen molar-refractivity contribution in [1.29, 1.82) is 0 Å². The fourth-order valence-electron chi connectivity index (χ4n) is 4.26. The van der Waals surface area contributed by atoms with Crippen molar-refractivity contribution < 1.29 is 14.4 Å². The normalized spacial score (nSPS) is 15.9. The van der Waals surface area contributed by atoms with Gasteiger partial charge in [0.1, 0.15) is 6.04 Å². The lowest BCUT2D eigenvalue weighted by molar-refractivity contribution is -0.135. The third kappa shape index (κ3) is 6.10. The number of rotatable bonds is 6. The molecule has 3 rings (SSSR count). The Hall–Kier alpha value is -2.95. The first-order valence-corrected chi connectivity index (χ1v) is 11.9. The molecule has 1 N–H and O–H groups in total. The minimum atomic E-state index is -0.596. The van der Waals surface area contributed by atoms with Crippen molar-refractivity contribution in [1.82, 2.24) is 10.2 Å². The van der Waals surface area contributed by atoms with Gasteiger partial charge >= 0.3 is 0 Å². The highest BCUT2D eigenvalue weighted by atomic mass is 16.2. The molecule has 1 aliphatic heterocycles. The summed E-state index contributed by atoms with van der Waals surface area (Å²) in [5, 5.41) is 2.95. The van der Waals surface area contributed by atoms with Crippen molar-refractivity contribution in [3.05, 3.63) is 71.3 Å². The molecule has 1 saturated heterocycles. The second-order valence-electron chi connectivity index (χ2n) is 10.4. The standard InChI is InChI=1S/C28H36N2O3/c1-19(2)24(29-26(32)22-11-13-23(14-12-22)28(3,4)5)27(33)30-17-15-21(16-18-30)25(31)20-9-7-6-8-10-20/h6-14,19,21,24H,15-18H2,1-5H3,(H,29,32). The van der Waals surface area contributed by atoms with Crippen molar-refractivity contribution in [2.24, 2.45) is 11.8 Å². The molecule has 5 nitrogen and oxygen atoms in total. The number of nitrogens with one attached hydrogen (secondary N) is 1. The van der Waals surface area contributed by atoms with Gasteiger partial charge in [-0.2, -0.15) is 0 Å². The fraction of sp³-hybridized carbons (Fsp3) is 0.464. The maximum absolute atomic E-state index is 13.3. The lowest BCUT2D eigenvalue weighted by Gasteiger charge is -2.35. The molecule has 2 aromatic carbocycles. The molecule has 1 fully saturated rings. The number of likely N-dealkylation sites (tertiary alicyclic amines) is 1. The summed E-state index contributed by atoms with van der Waals surface area (Å²) in [4.78, 5) is 40.7. The maximum Gasteiger partial charge on any atom is 0.251 e. The van der Waals surface area contributed by atoms with Gasteiger partial charge in [0.25, 0.3) is 5.91 Å². The Bertz CT molecular complexity index is 966. The summed E-state index contributed by atoms with van der Waals surface area (Å²) in [6, 6.07) is 16.3. The number of Topliss-reactive ketones (excluding diaryl/α,β-unsaturated/α-hetero) is 1. The number of hydrogen-bond acceptors (Lipinski definition) is 3. The van der Waals surface area contributed by atoms with E-state index in [1.54, 1.807) is 4.90 Å². The van der Waals surface area contributed by atoms with Crippen LogP contribution in [0, 0.1) is 11.8 Å². The molecule has 0 bridgehead atoms. The topological polar surface area (TPSA) is 66.5 Å². The molecule has 1 heterocycles. The van der Waals surface area contributed by atoms with E-state index < -0.39 is 6.04 Å². The summed E-state index contributed by atoms with van der Waals surface area (Å²) in [5.74, 6) is -0.272. The van der Waals surface area contributed by atoms with Gasteiger partial charge in [0, 0.05) is 30.1 Å². The first-order valence-electron chi connectivity index (χ1n) is 11.9. The summed E-state index contributed by atoms with van der Waals surface area (Å²) in [6.07, 6.45) is 1.29. The number of nitrogens with zero attached hydrogens (tertiary/aromatic N) is 1. The zero-order chi connectivity index (χ0) is 24.2. The van der Waals surface area contributed by atoms with Gasteiger partial charge in [-0.3, -0.25) is 14.4 Å². The van der Waals surface area contributed by atoms with E-state index in [1.807, 2.05) is 68.4 Å². The largest absolute Gasteiger partial charge is 0.341 e. The van der Waals surface area contributed by atoms with Crippen molar-refractivity contribution >= 4 is 17.6 Å². The van der Waals surface area contributed by atoms with Crippen LogP contribution in [0.3, 0.4) is 0 Å². The second kappa shape index (κ2) is 10.3. The van der Waals surface area contributed by atoms with Crippen LogP contribution in [0.15, 0.2) is 54.6 Å². The molecule has 0 aromatic heterocycles. The molecular weight excluding hydrogens is 412 g/mol. The van der Waals surface area contributed by atoms with Gasteiger partial charge in [-0.25, -0.2) is 0 Å². The molecule has 1 unspecified atom stereocenters. The van der Waals surface area contributed by atoms with E-state index in [9.17, 15) is 14.4 Å². The number of hydrogen-bond donors (Lipinski definition) is 1. The van der Waals surface area contributed by atoms with E-state index in [2.05, 4.69) is 26.1 Å². The van der Waals surface area contributed by atoms with Crippen LogP contribution in [0.5, 0.6) is 0 Å². The third-order valence-electron chi connectivity index (χ3n) is 6.47. The van der Waals surface area contributed by atoms with Crippen molar-refractivity contribution in [3.8, 4) is 0 Å². The van der Waals surface area contributed by atoms with Crippen LogP contribution in [0.1, 0.15) is 73.7 Å². The quantitative estimate of drug-likeness (QED) is 0.642. The molecule has 0 spiro atoms. The predicted molar refractivity (Wildman–Crippen MR) is 131 cm³/mol. The first-order chi connectivity index (χ1) is 15.6. The summed E-state index contributed by atoms with van der Waals surface area (Å²) in [5.41, 5.74) is 2.45. The van der Waals surface area contributed by atoms with Crippen LogP contribution in [-0.4, -0.2) is 41.6 Å². The summed E-state index contributed by atoms with van der Waals surface area (Å²) >= 11 is 0. The van der Waals surface area contributed by atoms with Gasteiger partial charge in [0.2, 0.25) is 5.91 Å². The molecule has 0 radical (unpaired) electrons. The predicted octanol–water partition coefficient (Wildman–Crippen LogP) is 4.86. The monoisotopic (exact) mass is 448 g/mol. The zero-order valence-corrected chi connectivity index (χ0v) is 20.4.